The number of nitrogens with zero attached hydrogens (tertiary/aromatic N) is 2. The van der Waals surface area contributed by atoms with E-state index in [1.807, 2.05) is 30.3 Å². The first-order chi connectivity index (χ1) is 16.2. The lowest BCUT2D eigenvalue weighted by atomic mass is 9.88. The van der Waals surface area contributed by atoms with Crippen molar-refractivity contribution in [3.8, 4) is 0 Å². The number of benzene rings is 2. The van der Waals surface area contributed by atoms with Crippen LogP contribution in [0.25, 0.3) is 0 Å². The number of carbonyl (C=O) groups is 1. The Morgan fingerprint density at radius 1 is 1.15 bits per heavy atom. The lowest BCUT2D eigenvalue weighted by molar-refractivity contribution is 0.157. The van der Waals surface area contributed by atoms with Crippen molar-refractivity contribution < 1.29 is 13.9 Å². The number of aromatic nitrogens is 2. The Hall–Kier alpha value is -3.68. The highest BCUT2D eigenvalue weighted by atomic mass is 19.1. The molecule has 3 N–H and O–H groups in total. The van der Waals surface area contributed by atoms with Crippen molar-refractivity contribution in [1.82, 2.24) is 20.6 Å². The predicted molar refractivity (Wildman–Crippen MR) is 127 cm³/mol. The molecule has 0 fully saturated rings. The summed E-state index contributed by atoms with van der Waals surface area (Å²) in [6, 6.07) is 16.7. The first-order valence-electron chi connectivity index (χ1n) is 11.2. The highest BCUT2D eigenvalue weighted by molar-refractivity contribution is 5.93. The number of aromatic amines is 1. The zero-order valence-electron chi connectivity index (χ0n) is 18.8. The summed E-state index contributed by atoms with van der Waals surface area (Å²) in [4.78, 5) is 23.5. The van der Waals surface area contributed by atoms with Gasteiger partial charge in [-0.1, -0.05) is 42.5 Å². The van der Waals surface area contributed by atoms with Gasteiger partial charge in [0.1, 0.15) is 5.82 Å². The molecule has 0 saturated carbocycles. The summed E-state index contributed by atoms with van der Waals surface area (Å²) in [6.07, 6.45) is 5.25. The molecule has 3 aromatic rings. The summed E-state index contributed by atoms with van der Waals surface area (Å²) in [5, 5.41) is 5.91. The molecule has 0 saturated heterocycles. The first kappa shape index (κ1) is 24.0. The molecule has 2 aromatic carbocycles. The van der Waals surface area contributed by atoms with E-state index in [4.69, 9.17) is 4.74 Å². The standard InChI is InChI=1S/C25H30FN5O2/c1-2-33-25(32)31-24(28-15-6-9-22-17-27-18-30-22)29-16-14-23(19-7-4-3-5-8-19)20-10-12-21(26)13-11-20/h3-5,7-8,10-13,17-18,23H,2,6,9,14-16H2,1H3,(H,27,30)(H2,28,29,31,32). The van der Waals surface area contributed by atoms with Gasteiger partial charge in [0, 0.05) is 30.9 Å². The lowest BCUT2D eigenvalue weighted by Gasteiger charge is -2.19. The first-order valence-corrected chi connectivity index (χ1v) is 11.2. The van der Waals surface area contributed by atoms with Gasteiger partial charge in [-0.15, -0.1) is 0 Å². The second-order valence-electron chi connectivity index (χ2n) is 7.49. The molecule has 1 amide bonds. The van der Waals surface area contributed by atoms with Gasteiger partial charge >= 0.3 is 6.09 Å². The van der Waals surface area contributed by atoms with Crippen LogP contribution in [0.2, 0.25) is 0 Å². The van der Waals surface area contributed by atoms with Gasteiger partial charge in [-0.05, 0) is 49.4 Å². The molecule has 8 heteroatoms. The van der Waals surface area contributed by atoms with E-state index in [1.54, 1.807) is 19.4 Å². The van der Waals surface area contributed by atoms with Gasteiger partial charge in [-0.25, -0.2) is 14.2 Å². The van der Waals surface area contributed by atoms with E-state index in [0.717, 1.165) is 36.1 Å². The molecule has 0 radical (unpaired) electrons. The monoisotopic (exact) mass is 451 g/mol. The van der Waals surface area contributed by atoms with Gasteiger partial charge in [0.25, 0.3) is 0 Å². The Labute approximate surface area is 193 Å². The van der Waals surface area contributed by atoms with Gasteiger partial charge in [0.05, 0.1) is 12.9 Å². The molecule has 0 aliphatic carbocycles. The average molecular weight is 452 g/mol. The zero-order valence-corrected chi connectivity index (χ0v) is 18.8. The van der Waals surface area contributed by atoms with E-state index in [1.165, 1.54) is 12.1 Å². The Balaban J connectivity index is 1.62. The third-order valence-electron chi connectivity index (χ3n) is 5.12. The van der Waals surface area contributed by atoms with Crippen molar-refractivity contribution in [1.29, 1.82) is 0 Å². The fourth-order valence-corrected chi connectivity index (χ4v) is 3.53. The third-order valence-corrected chi connectivity index (χ3v) is 5.12. The second-order valence-corrected chi connectivity index (χ2v) is 7.49. The quantitative estimate of drug-likeness (QED) is 0.242. The number of halogens is 1. The molecule has 0 aliphatic rings. The smallest absolute Gasteiger partial charge is 0.413 e. The minimum atomic E-state index is -0.546. The van der Waals surface area contributed by atoms with E-state index >= 15 is 0 Å². The van der Waals surface area contributed by atoms with Crippen LogP contribution >= 0.6 is 0 Å². The SMILES string of the molecule is CCOC(=O)NC(=NCCCc1cnc[nH]1)NCCC(c1ccccc1)c1ccc(F)cc1. The minimum absolute atomic E-state index is 0.0727. The minimum Gasteiger partial charge on any atom is -0.450 e. The van der Waals surface area contributed by atoms with E-state index < -0.39 is 6.09 Å². The normalized spacial score (nSPS) is 12.2. The van der Waals surface area contributed by atoms with Gasteiger partial charge in [-0.2, -0.15) is 0 Å². The summed E-state index contributed by atoms with van der Waals surface area (Å²) in [5.41, 5.74) is 3.21. The van der Waals surface area contributed by atoms with Gasteiger partial charge in [0.15, 0.2) is 0 Å². The van der Waals surface area contributed by atoms with Crippen LogP contribution in [0, 0.1) is 5.82 Å². The molecular formula is C25H30FN5O2. The number of alkyl carbamates (subject to hydrolysis) is 1. The molecular weight excluding hydrogens is 421 g/mol. The maximum absolute atomic E-state index is 13.4. The second kappa shape index (κ2) is 13.0. The largest absolute Gasteiger partial charge is 0.450 e. The Kier molecular flexibility index (Phi) is 9.45. The molecule has 174 valence electrons. The molecule has 7 nitrogen and oxygen atoms in total. The van der Waals surface area contributed by atoms with Gasteiger partial charge in [0.2, 0.25) is 5.96 Å². The van der Waals surface area contributed by atoms with Crippen molar-refractivity contribution in [3.05, 3.63) is 89.8 Å². The number of hydrogen-bond donors (Lipinski definition) is 3. The van der Waals surface area contributed by atoms with Crippen LogP contribution in [0.1, 0.15) is 42.5 Å². The van der Waals surface area contributed by atoms with Crippen LogP contribution in [-0.2, 0) is 11.2 Å². The zero-order chi connectivity index (χ0) is 23.3. The Morgan fingerprint density at radius 3 is 2.61 bits per heavy atom. The number of rotatable bonds is 10. The van der Waals surface area contributed by atoms with Crippen LogP contribution in [0.15, 0.2) is 72.1 Å². The lowest BCUT2D eigenvalue weighted by Crippen LogP contribution is -2.42. The summed E-state index contributed by atoms with van der Waals surface area (Å²) in [5.74, 6) is 0.194. The summed E-state index contributed by atoms with van der Waals surface area (Å²) < 4.78 is 18.4. The molecule has 1 unspecified atom stereocenters. The van der Waals surface area contributed by atoms with E-state index in [0.29, 0.717) is 19.0 Å². The van der Waals surface area contributed by atoms with Gasteiger partial charge in [-0.3, -0.25) is 10.3 Å². The van der Waals surface area contributed by atoms with Crippen molar-refractivity contribution in [2.75, 3.05) is 19.7 Å². The molecule has 33 heavy (non-hydrogen) atoms. The number of guanidine groups is 1. The van der Waals surface area contributed by atoms with Gasteiger partial charge < -0.3 is 15.0 Å². The van der Waals surface area contributed by atoms with Crippen LogP contribution in [0.4, 0.5) is 9.18 Å². The molecule has 0 bridgehead atoms. The predicted octanol–water partition coefficient (Wildman–Crippen LogP) is 4.40. The fourth-order valence-electron chi connectivity index (χ4n) is 3.53. The molecule has 1 atom stereocenters. The van der Waals surface area contributed by atoms with E-state index in [-0.39, 0.29) is 18.3 Å². The van der Waals surface area contributed by atoms with Crippen LogP contribution in [0.5, 0.6) is 0 Å². The number of H-pyrrole nitrogens is 1. The number of imidazole rings is 1. The number of amides is 1. The van der Waals surface area contributed by atoms with E-state index in [2.05, 4.69) is 37.7 Å². The Morgan fingerprint density at radius 2 is 1.91 bits per heavy atom. The fraction of sp³-hybridized carbons (Fsp3) is 0.320. The highest BCUT2D eigenvalue weighted by Crippen LogP contribution is 2.27. The number of aryl methyl sites for hydroxylation is 1. The van der Waals surface area contributed by atoms with Crippen LogP contribution in [0.3, 0.4) is 0 Å². The van der Waals surface area contributed by atoms with Crippen molar-refractivity contribution in [2.45, 2.75) is 32.1 Å². The highest BCUT2D eigenvalue weighted by Gasteiger charge is 2.15. The number of hydrogen-bond acceptors (Lipinski definition) is 4. The third kappa shape index (κ3) is 8.07. The molecule has 1 aromatic heterocycles. The summed E-state index contributed by atoms with van der Waals surface area (Å²) >= 11 is 0. The molecule has 1 heterocycles. The summed E-state index contributed by atoms with van der Waals surface area (Å²) in [6.45, 7) is 3.12. The number of nitrogens with one attached hydrogen (secondary N) is 3. The van der Waals surface area contributed by atoms with Crippen LogP contribution < -0.4 is 10.6 Å². The maximum atomic E-state index is 13.4. The van der Waals surface area contributed by atoms with E-state index in [9.17, 15) is 9.18 Å². The molecule has 0 aliphatic heterocycles. The number of aliphatic imine (C=N–C) groups is 1. The summed E-state index contributed by atoms with van der Waals surface area (Å²) in [7, 11) is 0. The van der Waals surface area contributed by atoms with Crippen LogP contribution in [-0.4, -0.2) is 41.7 Å². The molecule has 3 rings (SSSR count). The van der Waals surface area contributed by atoms with Crippen molar-refractivity contribution in [2.24, 2.45) is 4.99 Å². The van der Waals surface area contributed by atoms with Crippen molar-refractivity contribution in [3.63, 3.8) is 0 Å². The number of carbonyl (C=O) groups excluding carboxylic acids is 1. The number of ether oxygens (including phenoxy) is 1. The topological polar surface area (TPSA) is 91.4 Å². The Bertz CT molecular complexity index is 991. The average Bonchev–Trinajstić information content (AvgIpc) is 3.34. The van der Waals surface area contributed by atoms with Crippen molar-refractivity contribution >= 4 is 12.1 Å². The maximum Gasteiger partial charge on any atom is 0.413 e. The molecule has 0 spiro atoms.